The summed E-state index contributed by atoms with van der Waals surface area (Å²) in [6.45, 7) is 0. The van der Waals surface area contributed by atoms with Gasteiger partial charge < -0.3 is 4.90 Å². The molecule has 188 valence electrons. The minimum absolute atomic E-state index is 1.15. The van der Waals surface area contributed by atoms with Gasteiger partial charge in [-0.15, -0.1) is 11.3 Å². The number of benzene rings is 7. The van der Waals surface area contributed by atoms with Crippen molar-refractivity contribution in [3.8, 4) is 11.1 Å². The van der Waals surface area contributed by atoms with Crippen molar-refractivity contribution in [1.82, 2.24) is 0 Å². The lowest BCUT2D eigenvalue weighted by Crippen LogP contribution is -2.10. The molecule has 0 saturated carbocycles. The summed E-state index contributed by atoms with van der Waals surface area (Å²) in [5.74, 6) is 0. The molecule has 8 aromatic rings. The van der Waals surface area contributed by atoms with Crippen molar-refractivity contribution < 1.29 is 0 Å². The van der Waals surface area contributed by atoms with Gasteiger partial charge in [0.1, 0.15) is 0 Å². The minimum atomic E-state index is 1.15. The topological polar surface area (TPSA) is 3.24 Å². The van der Waals surface area contributed by atoms with Crippen LogP contribution in [0.1, 0.15) is 0 Å². The third kappa shape index (κ3) is 3.69. The molecule has 0 atom stereocenters. The standard InChI is InChI=1S/C38H25NS/c1-3-13-27(14-4-1)31-20-11-21-34-35-25-36(32-18-9-10-19-33(32)38(35)40-37(31)34)39(29-16-5-2-6-17-29)30-23-22-26-12-7-8-15-28(26)24-30/h1-25H. The molecule has 0 aliphatic carbocycles. The Labute approximate surface area is 237 Å². The molecule has 0 fully saturated rings. The summed E-state index contributed by atoms with van der Waals surface area (Å²) in [5, 5.41) is 7.63. The fourth-order valence-electron chi connectivity index (χ4n) is 5.95. The number of hydrogen-bond donors (Lipinski definition) is 0. The van der Waals surface area contributed by atoms with Gasteiger partial charge in [0.25, 0.3) is 0 Å². The maximum Gasteiger partial charge on any atom is 0.0547 e. The van der Waals surface area contributed by atoms with Crippen LogP contribution in [0.25, 0.3) is 52.8 Å². The molecule has 0 amide bonds. The molecule has 0 radical (unpaired) electrons. The summed E-state index contributed by atoms with van der Waals surface area (Å²) in [5.41, 5.74) is 6.03. The van der Waals surface area contributed by atoms with Gasteiger partial charge in [-0.3, -0.25) is 0 Å². The van der Waals surface area contributed by atoms with Crippen molar-refractivity contribution in [3.05, 3.63) is 152 Å². The monoisotopic (exact) mass is 527 g/mol. The van der Waals surface area contributed by atoms with Gasteiger partial charge >= 0.3 is 0 Å². The SMILES string of the molecule is c1ccc(-c2cccc3c2sc2c4ccccc4c(N(c4ccccc4)c4ccc5ccccc5c4)cc32)cc1. The molecule has 0 unspecified atom stereocenters. The van der Waals surface area contributed by atoms with E-state index in [1.165, 1.54) is 58.5 Å². The van der Waals surface area contributed by atoms with Gasteiger partial charge in [-0.2, -0.15) is 0 Å². The van der Waals surface area contributed by atoms with Crippen LogP contribution in [0, 0.1) is 0 Å². The Hall–Kier alpha value is -4.92. The number of fused-ring (bicyclic) bond motifs is 6. The van der Waals surface area contributed by atoms with Crippen LogP contribution in [0.3, 0.4) is 0 Å². The van der Waals surface area contributed by atoms with Crippen LogP contribution in [0.4, 0.5) is 17.1 Å². The van der Waals surface area contributed by atoms with Gasteiger partial charge in [0, 0.05) is 42.3 Å². The first-order valence-electron chi connectivity index (χ1n) is 13.6. The van der Waals surface area contributed by atoms with Crippen LogP contribution in [-0.4, -0.2) is 0 Å². The predicted octanol–water partition coefficient (Wildman–Crippen LogP) is 11.5. The number of thiophene rings is 1. The number of rotatable bonds is 4. The van der Waals surface area contributed by atoms with Gasteiger partial charge in [0.2, 0.25) is 0 Å². The number of anilines is 3. The van der Waals surface area contributed by atoms with Gasteiger partial charge in [-0.1, -0.05) is 121 Å². The lowest BCUT2D eigenvalue weighted by Gasteiger charge is -2.27. The van der Waals surface area contributed by atoms with Crippen LogP contribution in [0.15, 0.2) is 152 Å². The third-order valence-corrected chi connectivity index (χ3v) is 9.10. The Morgan fingerprint density at radius 3 is 1.88 bits per heavy atom. The van der Waals surface area contributed by atoms with Crippen molar-refractivity contribution in [1.29, 1.82) is 0 Å². The first-order chi connectivity index (χ1) is 19.8. The first-order valence-corrected chi connectivity index (χ1v) is 14.4. The highest BCUT2D eigenvalue weighted by Crippen LogP contribution is 2.48. The average molecular weight is 528 g/mol. The fourth-order valence-corrected chi connectivity index (χ4v) is 7.31. The molecular weight excluding hydrogens is 502 g/mol. The Bertz CT molecular complexity index is 2160. The number of para-hydroxylation sites is 1. The molecule has 2 heteroatoms. The summed E-state index contributed by atoms with van der Waals surface area (Å²) in [7, 11) is 0. The van der Waals surface area contributed by atoms with Crippen molar-refractivity contribution >= 4 is 70.1 Å². The molecule has 0 spiro atoms. The predicted molar refractivity (Wildman–Crippen MR) is 174 cm³/mol. The van der Waals surface area contributed by atoms with E-state index in [0.717, 1.165) is 11.4 Å². The molecule has 1 aromatic heterocycles. The molecule has 0 saturated heterocycles. The highest BCUT2D eigenvalue weighted by atomic mass is 32.1. The van der Waals surface area contributed by atoms with E-state index in [1.54, 1.807) is 0 Å². The van der Waals surface area contributed by atoms with Crippen molar-refractivity contribution in [2.24, 2.45) is 0 Å². The third-order valence-electron chi connectivity index (χ3n) is 7.81. The number of nitrogens with zero attached hydrogens (tertiary/aromatic N) is 1. The van der Waals surface area contributed by atoms with Crippen LogP contribution in [-0.2, 0) is 0 Å². The Morgan fingerprint density at radius 2 is 1.05 bits per heavy atom. The van der Waals surface area contributed by atoms with E-state index in [-0.39, 0.29) is 0 Å². The summed E-state index contributed by atoms with van der Waals surface area (Å²) in [6.07, 6.45) is 0. The second-order valence-electron chi connectivity index (χ2n) is 10.2. The minimum Gasteiger partial charge on any atom is -0.310 e. The molecule has 0 aliphatic heterocycles. The lowest BCUT2D eigenvalue weighted by atomic mass is 9.99. The second kappa shape index (κ2) is 9.37. The second-order valence-corrected chi connectivity index (χ2v) is 11.2. The van der Waals surface area contributed by atoms with Crippen LogP contribution < -0.4 is 4.90 Å². The molecule has 40 heavy (non-hydrogen) atoms. The Kier molecular flexibility index (Phi) is 5.39. The van der Waals surface area contributed by atoms with E-state index < -0.39 is 0 Å². The van der Waals surface area contributed by atoms with Gasteiger partial charge in [-0.25, -0.2) is 0 Å². The molecule has 0 bridgehead atoms. The summed E-state index contributed by atoms with van der Waals surface area (Å²) < 4.78 is 2.67. The smallest absolute Gasteiger partial charge is 0.0547 e. The fraction of sp³-hybridized carbons (Fsp3) is 0. The highest BCUT2D eigenvalue weighted by molar-refractivity contribution is 7.27. The lowest BCUT2D eigenvalue weighted by molar-refractivity contribution is 1.31. The van der Waals surface area contributed by atoms with Crippen LogP contribution in [0.2, 0.25) is 0 Å². The van der Waals surface area contributed by atoms with Crippen LogP contribution >= 0.6 is 11.3 Å². The molecule has 8 rings (SSSR count). The van der Waals surface area contributed by atoms with E-state index >= 15 is 0 Å². The van der Waals surface area contributed by atoms with E-state index in [0.29, 0.717) is 0 Å². The van der Waals surface area contributed by atoms with E-state index in [9.17, 15) is 0 Å². The van der Waals surface area contributed by atoms with Gasteiger partial charge in [0.05, 0.1) is 5.69 Å². The number of hydrogen-bond acceptors (Lipinski definition) is 2. The molecule has 7 aromatic carbocycles. The zero-order valence-electron chi connectivity index (χ0n) is 21.8. The zero-order chi connectivity index (χ0) is 26.5. The van der Waals surface area contributed by atoms with Crippen LogP contribution in [0.5, 0.6) is 0 Å². The van der Waals surface area contributed by atoms with Crippen molar-refractivity contribution in [2.75, 3.05) is 4.90 Å². The zero-order valence-corrected chi connectivity index (χ0v) is 22.6. The average Bonchev–Trinajstić information content (AvgIpc) is 3.41. The summed E-state index contributed by atoms with van der Waals surface area (Å²) in [6, 6.07) is 54.8. The summed E-state index contributed by atoms with van der Waals surface area (Å²) in [4.78, 5) is 2.42. The molecule has 0 N–H and O–H groups in total. The first kappa shape index (κ1) is 23.0. The highest BCUT2D eigenvalue weighted by Gasteiger charge is 2.20. The van der Waals surface area contributed by atoms with Gasteiger partial charge in [-0.05, 0) is 52.2 Å². The van der Waals surface area contributed by atoms with Crippen molar-refractivity contribution in [2.45, 2.75) is 0 Å². The van der Waals surface area contributed by atoms with E-state index in [2.05, 4.69) is 157 Å². The van der Waals surface area contributed by atoms with Gasteiger partial charge in [0.15, 0.2) is 0 Å². The molecule has 1 nitrogen and oxygen atoms in total. The molecule has 0 aliphatic rings. The molecule has 1 heterocycles. The largest absolute Gasteiger partial charge is 0.310 e. The molecular formula is C38H25NS. The Morgan fingerprint density at radius 1 is 0.400 bits per heavy atom. The maximum atomic E-state index is 2.42. The maximum absolute atomic E-state index is 2.42. The Balaban J connectivity index is 1.46. The van der Waals surface area contributed by atoms with E-state index in [4.69, 9.17) is 0 Å². The van der Waals surface area contributed by atoms with E-state index in [1.807, 2.05) is 11.3 Å². The normalized spacial score (nSPS) is 11.5. The quantitative estimate of drug-likeness (QED) is 0.220. The summed E-state index contributed by atoms with van der Waals surface area (Å²) >= 11 is 1.91. The van der Waals surface area contributed by atoms with Crippen molar-refractivity contribution in [3.63, 3.8) is 0 Å².